The molecular weight excluding hydrogens is 148 g/mol. The zero-order chi connectivity index (χ0) is 8.55. The van der Waals surface area contributed by atoms with E-state index in [9.17, 15) is 0 Å². The van der Waals surface area contributed by atoms with Gasteiger partial charge in [0.1, 0.15) is 0 Å². The Bertz CT molecular complexity index is 384. The number of hydrogen-bond donors (Lipinski definition) is 1. The molecule has 0 saturated heterocycles. The summed E-state index contributed by atoms with van der Waals surface area (Å²) in [6.45, 7) is 2.06. The Morgan fingerprint density at radius 3 is 2.92 bits per heavy atom. The molecule has 2 nitrogen and oxygen atoms in total. The first-order valence-corrected chi connectivity index (χ1v) is 3.87. The quantitative estimate of drug-likeness (QED) is 0.637. The molecule has 1 aromatic carbocycles. The smallest absolute Gasteiger partial charge is 0.0703 e. The monoisotopic (exact) mass is 158 g/mol. The summed E-state index contributed by atoms with van der Waals surface area (Å²) in [5.74, 6) is 0. The number of nitrogens with two attached hydrogens (primary N) is 1. The summed E-state index contributed by atoms with van der Waals surface area (Å²) in [5, 5.41) is 1.11. The van der Waals surface area contributed by atoms with E-state index in [2.05, 4.69) is 18.0 Å². The largest absolute Gasteiger partial charge is 0.397 e. The van der Waals surface area contributed by atoms with Crippen LogP contribution in [-0.4, -0.2) is 4.98 Å². The van der Waals surface area contributed by atoms with Gasteiger partial charge >= 0.3 is 0 Å². The highest BCUT2D eigenvalue weighted by Crippen LogP contribution is 2.15. The van der Waals surface area contributed by atoms with Crippen LogP contribution in [0.2, 0.25) is 0 Å². The third-order valence-corrected chi connectivity index (χ3v) is 1.86. The maximum absolute atomic E-state index is 5.61. The summed E-state index contributed by atoms with van der Waals surface area (Å²) >= 11 is 0. The fraction of sp³-hybridized carbons (Fsp3) is 0.100. The number of nitrogen functional groups attached to an aromatic ring is 1. The number of aromatic nitrogens is 1. The van der Waals surface area contributed by atoms with Crippen molar-refractivity contribution in [1.29, 1.82) is 0 Å². The highest BCUT2D eigenvalue weighted by atomic mass is 14.7. The summed E-state index contributed by atoms with van der Waals surface area (Å²) in [6, 6.07) is 8.07. The van der Waals surface area contributed by atoms with Gasteiger partial charge in [-0.25, -0.2) is 0 Å². The molecule has 2 heteroatoms. The van der Waals surface area contributed by atoms with Crippen LogP contribution in [0.4, 0.5) is 5.69 Å². The van der Waals surface area contributed by atoms with Crippen molar-refractivity contribution in [2.24, 2.45) is 0 Å². The first kappa shape index (κ1) is 7.10. The third-order valence-electron chi connectivity index (χ3n) is 1.86. The van der Waals surface area contributed by atoms with Crippen molar-refractivity contribution in [2.75, 3.05) is 5.73 Å². The van der Waals surface area contributed by atoms with Crippen molar-refractivity contribution >= 4 is 16.6 Å². The van der Waals surface area contributed by atoms with Crippen LogP contribution in [0.15, 0.2) is 30.5 Å². The van der Waals surface area contributed by atoms with Crippen LogP contribution in [-0.2, 0) is 0 Å². The Morgan fingerprint density at radius 1 is 1.25 bits per heavy atom. The highest BCUT2D eigenvalue weighted by Gasteiger charge is 1.94. The average Bonchev–Trinajstić information content (AvgIpc) is 2.03. The SMILES string of the molecule is Cc1ccc2ncc(N)cc2c1. The lowest BCUT2D eigenvalue weighted by atomic mass is 10.1. The minimum atomic E-state index is 0.716. The fourth-order valence-corrected chi connectivity index (χ4v) is 1.27. The van der Waals surface area contributed by atoms with Gasteiger partial charge in [0, 0.05) is 5.39 Å². The standard InChI is InChI=1S/C10H10N2/c1-7-2-3-10-8(4-7)5-9(11)6-12-10/h2-6H,11H2,1H3. The van der Waals surface area contributed by atoms with Gasteiger partial charge in [0.15, 0.2) is 0 Å². The Hall–Kier alpha value is -1.57. The molecule has 0 spiro atoms. The maximum Gasteiger partial charge on any atom is 0.0703 e. The third kappa shape index (κ3) is 1.11. The molecule has 0 aliphatic carbocycles. The second-order valence-corrected chi connectivity index (χ2v) is 2.96. The maximum atomic E-state index is 5.61. The van der Waals surface area contributed by atoms with Gasteiger partial charge < -0.3 is 5.73 Å². The van der Waals surface area contributed by atoms with E-state index in [4.69, 9.17) is 5.73 Å². The van der Waals surface area contributed by atoms with E-state index in [-0.39, 0.29) is 0 Å². The second kappa shape index (κ2) is 2.48. The van der Waals surface area contributed by atoms with Gasteiger partial charge in [-0.2, -0.15) is 0 Å². The van der Waals surface area contributed by atoms with E-state index in [0.29, 0.717) is 5.69 Å². The molecule has 0 aliphatic heterocycles. The van der Waals surface area contributed by atoms with Gasteiger partial charge in [0.25, 0.3) is 0 Å². The Labute approximate surface area is 71.0 Å². The minimum Gasteiger partial charge on any atom is -0.397 e. The lowest BCUT2D eigenvalue weighted by Gasteiger charge is -1.99. The summed E-state index contributed by atoms with van der Waals surface area (Å²) in [6.07, 6.45) is 1.68. The lowest BCUT2D eigenvalue weighted by Crippen LogP contribution is -1.87. The van der Waals surface area contributed by atoms with Gasteiger partial charge in [-0.3, -0.25) is 4.98 Å². The number of anilines is 1. The number of fused-ring (bicyclic) bond motifs is 1. The molecule has 0 fully saturated rings. The summed E-state index contributed by atoms with van der Waals surface area (Å²) in [4.78, 5) is 4.20. The van der Waals surface area contributed by atoms with Crippen LogP contribution in [0.25, 0.3) is 10.9 Å². The first-order chi connectivity index (χ1) is 5.75. The first-order valence-electron chi connectivity index (χ1n) is 3.87. The topological polar surface area (TPSA) is 38.9 Å². The summed E-state index contributed by atoms with van der Waals surface area (Å²) in [7, 11) is 0. The molecule has 12 heavy (non-hydrogen) atoms. The van der Waals surface area contributed by atoms with E-state index >= 15 is 0 Å². The van der Waals surface area contributed by atoms with Crippen molar-refractivity contribution in [1.82, 2.24) is 4.98 Å². The van der Waals surface area contributed by atoms with Crippen LogP contribution in [0, 0.1) is 6.92 Å². The predicted molar refractivity (Wildman–Crippen MR) is 50.9 cm³/mol. The second-order valence-electron chi connectivity index (χ2n) is 2.96. The molecule has 0 radical (unpaired) electrons. The lowest BCUT2D eigenvalue weighted by molar-refractivity contribution is 1.40. The van der Waals surface area contributed by atoms with Crippen molar-refractivity contribution in [3.63, 3.8) is 0 Å². The normalized spacial score (nSPS) is 10.4. The Balaban J connectivity index is 2.80. The van der Waals surface area contributed by atoms with Crippen LogP contribution < -0.4 is 5.73 Å². The van der Waals surface area contributed by atoms with Crippen LogP contribution >= 0.6 is 0 Å². The van der Waals surface area contributed by atoms with Crippen LogP contribution in [0.1, 0.15) is 5.56 Å². The molecular formula is C10H10N2. The molecule has 0 atom stereocenters. The molecule has 2 N–H and O–H groups in total. The Morgan fingerprint density at radius 2 is 2.08 bits per heavy atom. The van der Waals surface area contributed by atoms with Crippen molar-refractivity contribution in [3.8, 4) is 0 Å². The van der Waals surface area contributed by atoms with E-state index in [0.717, 1.165) is 10.9 Å². The van der Waals surface area contributed by atoms with Gasteiger partial charge in [0.05, 0.1) is 17.4 Å². The van der Waals surface area contributed by atoms with E-state index < -0.39 is 0 Å². The van der Waals surface area contributed by atoms with Gasteiger partial charge in [-0.15, -0.1) is 0 Å². The molecule has 2 aromatic rings. The molecule has 0 unspecified atom stereocenters. The van der Waals surface area contributed by atoms with Gasteiger partial charge in [-0.05, 0) is 25.1 Å². The predicted octanol–water partition coefficient (Wildman–Crippen LogP) is 2.13. The molecule has 0 saturated carbocycles. The molecule has 2 rings (SSSR count). The summed E-state index contributed by atoms with van der Waals surface area (Å²) in [5.41, 5.74) is 8.55. The minimum absolute atomic E-state index is 0.716. The molecule has 0 bridgehead atoms. The molecule has 0 aliphatic rings. The number of nitrogens with zero attached hydrogens (tertiary/aromatic N) is 1. The number of hydrogen-bond acceptors (Lipinski definition) is 2. The van der Waals surface area contributed by atoms with Crippen molar-refractivity contribution in [2.45, 2.75) is 6.92 Å². The molecule has 0 amide bonds. The average molecular weight is 158 g/mol. The number of pyridine rings is 1. The van der Waals surface area contributed by atoms with Crippen LogP contribution in [0.3, 0.4) is 0 Å². The number of rotatable bonds is 0. The molecule has 1 aromatic heterocycles. The molecule has 60 valence electrons. The highest BCUT2D eigenvalue weighted by molar-refractivity contribution is 5.81. The number of benzene rings is 1. The fourth-order valence-electron chi connectivity index (χ4n) is 1.27. The van der Waals surface area contributed by atoms with Crippen molar-refractivity contribution in [3.05, 3.63) is 36.0 Å². The molecule has 1 heterocycles. The van der Waals surface area contributed by atoms with Crippen molar-refractivity contribution < 1.29 is 0 Å². The Kier molecular flexibility index (Phi) is 1.47. The van der Waals surface area contributed by atoms with E-state index in [1.165, 1.54) is 5.56 Å². The number of aryl methyl sites for hydroxylation is 1. The van der Waals surface area contributed by atoms with Gasteiger partial charge in [0.2, 0.25) is 0 Å². The van der Waals surface area contributed by atoms with E-state index in [1.54, 1.807) is 6.20 Å². The van der Waals surface area contributed by atoms with Gasteiger partial charge in [-0.1, -0.05) is 11.6 Å². The zero-order valence-corrected chi connectivity index (χ0v) is 6.91. The summed E-state index contributed by atoms with van der Waals surface area (Å²) < 4.78 is 0. The van der Waals surface area contributed by atoms with Crippen LogP contribution in [0.5, 0.6) is 0 Å². The zero-order valence-electron chi connectivity index (χ0n) is 6.91. The van der Waals surface area contributed by atoms with E-state index in [1.807, 2.05) is 18.2 Å².